The first-order valence-electron chi connectivity index (χ1n) is 10.3. The Labute approximate surface area is 174 Å². The van der Waals surface area contributed by atoms with Gasteiger partial charge in [0.2, 0.25) is 5.91 Å². The minimum absolute atomic E-state index is 0.0180. The van der Waals surface area contributed by atoms with Crippen LogP contribution in [0.3, 0.4) is 0 Å². The maximum atomic E-state index is 13.1. The van der Waals surface area contributed by atoms with Gasteiger partial charge in [0.25, 0.3) is 5.56 Å². The first-order chi connectivity index (χ1) is 14.4. The summed E-state index contributed by atoms with van der Waals surface area (Å²) < 4.78 is 1.57. The van der Waals surface area contributed by atoms with Crippen LogP contribution in [0.15, 0.2) is 35.4 Å². The van der Waals surface area contributed by atoms with Gasteiger partial charge in [-0.05, 0) is 43.9 Å². The molecule has 0 spiro atoms. The molecule has 3 heterocycles. The van der Waals surface area contributed by atoms with Gasteiger partial charge in [0.05, 0.1) is 17.3 Å². The van der Waals surface area contributed by atoms with E-state index >= 15 is 0 Å². The zero-order valence-electron chi connectivity index (χ0n) is 17.5. The largest absolute Gasteiger partial charge is 0.387 e. The van der Waals surface area contributed by atoms with E-state index in [1.807, 2.05) is 26.0 Å². The number of aromatic nitrogens is 3. The van der Waals surface area contributed by atoms with Crippen molar-refractivity contribution in [2.45, 2.75) is 45.6 Å². The van der Waals surface area contributed by atoms with Gasteiger partial charge >= 0.3 is 0 Å². The molecular weight excluding hydrogens is 380 g/mol. The Morgan fingerprint density at radius 1 is 1.23 bits per heavy atom. The Morgan fingerprint density at radius 2 is 2.00 bits per heavy atom. The summed E-state index contributed by atoms with van der Waals surface area (Å²) >= 11 is 0. The number of rotatable bonds is 6. The second-order valence-corrected chi connectivity index (χ2v) is 8.04. The van der Waals surface area contributed by atoms with Crippen molar-refractivity contribution in [1.29, 1.82) is 0 Å². The molecule has 1 aliphatic carbocycles. The summed E-state index contributed by atoms with van der Waals surface area (Å²) in [5.74, 6) is 0.521. The SMILES string of the molecule is CCC[C@H](O)c1cc(C)c(-c2cc3cnc(NC(=O)C4CC4)cc3n(C)c2=O)cn1. The summed E-state index contributed by atoms with van der Waals surface area (Å²) in [6.07, 6.45) is 6.08. The highest BCUT2D eigenvalue weighted by molar-refractivity contribution is 5.95. The Balaban J connectivity index is 1.72. The van der Waals surface area contributed by atoms with Gasteiger partial charge in [-0.1, -0.05) is 13.3 Å². The average molecular weight is 406 g/mol. The number of hydrogen-bond acceptors (Lipinski definition) is 5. The quantitative estimate of drug-likeness (QED) is 0.653. The van der Waals surface area contributed by atoms with Crippen LogP contribution in [0.5, 0.6) is 0 Å². The van der Waals surface area contributed by atoms with Crippen LogP contribution in [-0.2, 0) is 11.8 Å². The molecule has 3 aromatic rings. The van der Waals surface area contributed by atoms with Gasteiger partial charge in [-0.15, -0.1) is 0 Å². The normalized spacial score (nSPS) is 14.7. The monoisotopic (exact) mass is 406 g/mol. The fourth-order valence-corrected chi connectivity index (χ4v) is 3.66. The number of nitrogens with zero attached hydrogens (tertiary/aromatic N) is 3. The standard InChI is InChI=1S/C23H26N4O3/c1-4-5-20(28)18-8-13(2)17(12-24-18)16-9-15-11-25-21(26-22(29)14-6-7-14)10-19(15)27(3)23(16)30/h8-12,14,20,28H,4-7H2,1-3H3,(H,25,26,29)/t20-/m0/s1. The molecule has 30 heavy (non-hydrogen) atoms. The Kier molecular flexibility index (Phi) is 5.39. The summed E-state index contributed by atoms with van der Waals surface area (Å²) in [5.41, 5.74) is 3.31. The number of aryl methyl sites for hydroxylation is 2. The number of aliphatic hydroxyl groups excluding tert-OH is 1. The van der Waals surface area contributed by atoms with Crippen LogP contribution in [0.4, 0.5) is 5.82 Å². The third-order valence-corrected chi connectivity index (χ3v) is 5.63. The summed E-state index contributed by atoms with van der Waals surface area (Å²) in [4.78, 5) is 33.8. The number of carbonyl (C=O) groups is 1. The Morgan fingerprint density at radius 3 is 2.67 bits per heavy atom. The van der Waals surface area contributed by atoms with Gasteiger partial charge in [-0.3, -0.25) is 14.6 Å². The zero-order valence-corrected chi connectivity index (χ0v) is 17.5. The van der Waals surface area contributed by atoms with Crippen LogP contribution in [0.2, 0.25) is 0 Å². The molecule has 2 N–H and O–H groups in total. The van der Waals surface area contributed by atoms with Gasteiger partial charge < -0.3 is 15.0 Å². The lowest BCUT2D eigenvalue weighted by Gasteiger charge is -2.14. The maximum Gasteiger partial charge on any atom is 0.258 e. The van der Waals surface area contributed by atoms with Gasteiger partial charge in [0.15, 0.2) is 0 Å². The van der Waals surface area contributed by atoms with Crippen molar-refractivity contribution >= 4 is 22.6 Å². The smallest absolute Gasteiger partial charge is 0.258 e. The van der Waals surface area contributed by atoms with E-state index in [1.165, 1.54) is 0 Å². The number of aliphatic hydroxyl groups is 1. The minimum atomic E-state index is -0.601. The van der Waals surface area contributed by atoms with Gasteiger partial charge in [0, 0.05) is 47.9 Å². The Bertz CT molecular complexity index is 1180. The lowest BCUT2D eigenvalue weighted by atomic mass is 10.0. The van der Waals surface area contributed by atoms with E-state index in [1.54, 1.807) is 30.1 Å². The molecule has 0 radical (unpaired) electrons. The van der Waals surface area contributed by atoms with Crippen LogP contribution >= 0.6 is 0 Å². The van der Waals surface area contributed by atoms with Gasteiger partial charge in [-0.25, -0.2) is 4.98 Å². The van der Waals surface area contributed by atoms with E-state index in [4.69, 9.17) is 0 Å². The molecule has 0 saturated heterocycles. The van der Waals surface area contributed by atoms with E-state index in [9.17, 15) is 14.7 Å². The lowest BCUT2D eigenvalue weighted by Crippen LogP contribution is -2.20. The first-order valence-corrected chi connectivity index (χ1v) is 10.3. The molecule has 0 aromatic carbocycles. The topological polar surface area (TPSA) is 97.1 Å². The van der Waals surface area contributed by atoms with Crippen LogP contribution in [0.1, 0.15) is 50.0 Å². The van der Waals surface area contributed by atoms with E-state index in [2.05, 4.69) is 15.3 Å². The van der Waals surface area contributed by atoms with E-state index in [0.717, 1.165) is 35.8 Å². The predicted octanol–water partition coefficient (Wildman–Crippen LogP) is 3.49. The minimum Gasteiger partial charge on any atom is -0.387 e. The molecule has 7 heteroatoms. The highest BCUT2D eigenvalue weighted by Crippen LogP contribution is 2.30. The number of fused-ring (bicyclic) bond motifs is 1. The fourth-order valence-electron chi connectivity index (χ4n) is 3.66. The number of hydrogen-bond donors (Lipinski definition) is 2. The number of anilines is 1. The molecule has 0 unspecified atom stereocenters. The molecular formula is C23H26N4O3. The van der Waals surface area contributed by atoms with Crippen molar-refractivity contribution in [3.05, 3.63) is 52.2 Å². The highest BCUT2D eigenvalue weighted by Gasteiger charge is 2.29. The maximum absolute atomic E-state index is 13.1. The van der Waals surface area contributed by atoms with Crippen molar-refractivity contribution in [2.75, 3.05) is 5.32 Å². The number of pyridine rings is 3. The summed E-state index contributed by atoms with van der Waals surface area (Å²) in [6.45, 7) is 3.93. The molecule has 4 rings (SSSR count). The molecule has 0 bridgehead atoms. The molecule has 1 aliphatic rings. The van der Waals surface area contributed by atoms with E-state index in [0.29, 0.717) is 29.0 Å². The lowest BCUT2D eigenvalue weighted by molar-refractivity contribution is -0.117. The van der Waals surface area contributed by atoms with Crippen molar-refractivity contribution in [1.82, 2.24) is 14.5 Å². The summed E-state index contributed by atoms with van der Waals surface area (Å²) in [7, 11) is 1.71. The van der Waals surface area contributed by atoms with Crippen LogP contribution in [-0.4, -0.2) is 25.5 Å². The van der Waals surface area contributed by atoms with Crippen molar-refractivity contribution in [2.24, 2.45) is 13.0 Å². The van der Waals surface area contributed by atoms with E-state index < -0.39 is 6.10 Å². The fraction of sp³-hybridized carbons (Fsp3) is 0.391. The summed E-state index contributed by atoms with van der Waals surface area (Å²) in [5, 5.41) is 13.8. The van der Waals surface area contributed by atoms with Crippen molar-refractivity contribution in [3.8, 4) is 11.1 Å². The number of amides is 1. The third kappa shape index (κ3) is 3.85. The molecule has 7 nitrogen and oxygen atoms in total. The molecule has 156 valence electrons. The molecule has 0 aliphatic heterocycles. The van der Waals surface area contributed by atoms with Gasteiger partial charge in [0.1, 0.15) is 5.82 Å². The highest BCUT2D eigenvalue weighted by atomic mass is 16.3. The second-order valence-electron chi connectivity index (χ2n) is 8.04. The van der Waals surface area contributed by atoms with Crippen molar-refractivity contribution in [3.63, 3.8) is 0 Å². The molecule has 1 amide bonds. The Hall–Kier alpha value is -3.06. The molecule has 3 aromatic heterocycles. The first kappa shape index (κ1) is 20.2. The molecule has 1 fully saturated rings. The zero-order chi connectivity index (χ0) is 21.4. The van der Waals surface area contributed by atoms with Crippen LogP contribution in [0.25, 0.3) is 22.0 Å². The average Bonchev–Trinajstić information content (AvgIpc) is 3.57. The number of nitrogens with one attached hydrogen (secondary N) is 1. The van der Waals surface area contributed by atoms with Gasteiger partial charge in [-0.2, -0.15) is 0 Å². The van der Waals surface area contributed by atoms with Crippen LogP contribution < -0.4 is 10.9 Å². The van der Waals surface area contributed by atoms with Crippen LogP contribution in [0, 0.1) is 12.8 Å². The van der Waals surface area contributed by atoms with Crippen molar-refractivity contribution < 1.29 is 9.90 Å². The molecule has 1 atom stereocenters. The number of carbonyl (C=O) groups excluding carboxylic acids is 1. The summed E-state index contributed by atoms with van der Waals surface area (Å²) in [6, 6.07) is 5.38. The molecule has 1 saturated carbocycles. The van der Waals surface area contributed by atoms with E-state index in [-0.39, 0.29) is 17.4 Å². The third-order valence-electron chi connectivity index (χ3n) is 5.63. The predicted molar refractivity (Wildman–Crippen MR) is 116 cm³/mol. The second kappa shape index (κ2) is 7.99.